The van der Waals surface area contributed by atoms with Crippen LogP contribution < -0.4 is 10.2 Å². The zero-order chi connectivity index (χ0) is 21.6. The predicted octanol–water partition coefficient (Wildman–Crippen LogP) is 2.04. The molecule has 0 unspecified atom stereocenters. The van der Waals surface area contributed by atoms with Crippen molar-refractivity contribution in [1.82, 2.24) is 19.6 Å². The topological polar surface area (TPSA) is 96.2 Å². The van der Waals surface area contributed by atoms with E-state index in [-0.39, 0.29) is 31.4 Å². The highest BCUT2D eigenvalue weighted by molar-refractivity contribution is 6.06. The van der Waals surface area contributed by atoms with Crippen LogP contribution in [0, 0.1) is 0 Å². The molecule has 0 bridgehead atoms. The summed E-state index contributed by atoms with van der Waals surface area (Å²) in [5.41, 5.74) is 2.41. The van der Waals surface area contributed by atoms with Gasteiger partial charge >= 0.3 is 6.09 Å². The minimum Gasteiger partial charge on any atom is -0.444 e. The van der Waals surface area contributed by atoms with Gasteiger partial charge in [0, 0.05) is 19.4 Å². The average molecular weight is 413 g/mol. The molecule has 0 spiro atoms. The second kappa shape index (κ2) is 7.30. The third kappa shape index (κ3) is 4.24. The Morgan fingerprint density at radius 3 is 2.60 bits per heavy atom. The molecule has 1 aliphatic heterocycles. The van der Waals surface area contributed by atoms with Crippen LogP contribution in [0.15, 0.2) is 18.5 Å². The van der Waals surface area contributed by atoms with Crippen LogP contribution in [-0.2, 0) is 20.9 Å². The number of nitrogens with zero attached hydrogens (tertiary/aromatic N) is 4. The van der Waals surface area contributed by atoms with Crippen LogP contribution in [-0.4, -0.2) is 57.9 Å². The number of imidazole rings is 1. The Kier molecular flexibility index (Phi) is 4.91. The third-order valence-electron chi connectivity index (χ3n) is 5.15. The molecule has 2 aromatic rings. The van der Waals surface area contributed by atoms with Gasteiger partial charge in [0.2, 0.25) is 11.8 Å². The molecule has 0 aromatic carbocycles. The maximum atomic E-state index is 12.7. The monoisotopic (exact) mass is 413 g/mol. The Bertz CT molecular complexity index is 1020. The van der Waals surface area contributed by atoms with Crippen molar-refractivity contribution in [1.29, 1.82) is 0 Å². The quantitative estimate of drug-likeness (QED) is 0.828. The number of pyridine rings is 1. The van der Waals surface area contributed by atoms with Crippen LogP contribution in [0.3, 0.4) is 0 Å². The Morgan fingerprint density at radius 1 is 1.20 bits per heavy atom. The van der Waals surface area contributed by atoms with E-state index in [1.807, 2.05) is 22.9 Å². The number of hydrogen-bond acceptors (Lipinski definition) is 5. The molecular formula is C21H27N5O4. The van der Waals surface area contributed by atoms with E-state index in [2.05, 4.69) is 10.3 Å². The van der Waals surface area contributed by atoms with Crippen LogP contribution in [0.25, 0.3) is 5.65 Å². The summed E-state index contributed by atoms with van der Waals surface area (Å²) in [5.74, 6) is 0.225. The number of carbonyl (C=O) groups excluding carboxylic acids is 3. The number of nitrogens with one attached hydrogen (secondary N) is 1. The van der Waals surface area contributed by atoms with E-state index in [4.69, 9.17) is 4.74 Å². The van der Waals surface area contributed by atoms with Gasteiger partial charge < -0.3 is 19.4 Å². The van der Waals surface area contributed by atoms with Crippen molar-refractivity contribution in [2.24, 2.45) is 0 Å². The van der Waals surface area contributed by atoms with Crippen molar-refractivity contribution < 1.29 is 19.1 Å². The van der Waals surface area contributed by atoms with Gasteiger partial charge in [0.05, 0.1) is 24.5 Å². The molecule has 9 heteroatoms. The van der Waals surface area contributed by atoms with Gasteiger partial charge in [-0.25, -0.2) is 9.78 Å². The SMILES string of the molecule is CN1CC(=O)N(c2cc(C3CC3)cn3cc(CNC(=O)OC(C)(C)C)nc23)CC1=O. The number of likely N-dealkylation sites (N-methyl/N-ethyl adjacent to an activating group) is 1. The van der Waals surface area contributed by atoms with Gasteiger partial charge in [-0.1, -0.05) is 0 Å². The maximum Gasteiger partial charge on any atom is 0.407 e. The van der Waals surface area contributed by atoms with Crippen LogP contribution in [0.1, 0.15) is 50.8 Å². The number of amides is 3. The molecule has 2 aliphatic rings. The molecule has 4 rings (SSSR count). The molecule has 0 atom stereocenters. The predicted molar refractivity (Wildman–Crippen MR) is 110 cm³/mol. The van der Waals surface area contributed by atoms with Crippen LogP contribution in [0.2, 0.25) is 0 Å². The zero-order valence-electron chi connectivity index (χ0n) is 17.8. The summed E-state index contributed by atoms with van der Waals surface area (Å²) in [5, 5.41) is 2.71. The smallest absolute Gasteiger partial charge is 0.407 e. The highest BCUT2D eigenvalue weighted by Gasteiger charge is 2.32. The number of anilines is 1. The summed E-state index contributed by atoms with van der Waals surface area (Å²) in [6.07, 6.45) is 5.57. The van der Waals surface area contributed by atoms with E-state index in [1.165, 1.54) is 9.80 Å². The highest BCUT2D eigenvalue weighted by atomic mass is 16.6. The van der Waals surface area contributed by atoms with Crippen molar-refractivity contribution in [3.05, 3.63) is 29.7 Å². The fourth-order valence-corrected chi connectivity index (χ4v) is 3.49. The molecule has 30 heavy (non-hydrogen) atoms. The lowest BCUT2D eigenvalue weighted by atomic mass is 10.1. The first kappa shape index (κ1) is 20.2. The molecular weight excluding hydrogens is 386 g/mol. The van der Waals surface area contributed by atoms with E-state index in [0.717, 1.165) is 18.4 Å². The molecule has 2 fully saturated rings. The number of ether oxygens (including phenoxy) is 1. The molecule has 3 amide bonds. The summed E-state index contributed by atoms with van der Waals surface area (Å²) >= 11 is 0. The number of piperazine rings is 1. The normalized spacial score (nSPS) is 17.6. The minimum absolute atomic E-state index is 0.00251. The number of aromatic nitrogens is 2. The van der Waals surface area contributed by atoms with E-state index in [0.29, 0.717) is 22.9 Å². The summed E-state index contributed by atoms with van der Waals surface area (Å²) < 4.78 is 7.15. The van der Waals surface area contributed by atoms with Crippen LogP contribution >= 0.6 is 0 Å². The summed E-state index contributed by atoms with van der Waals surface area (Å²) in [6, 6.07) is 1.97. The third-order valence-corrected chi connectivity index (χ3v) is 5.15. The lowest BCUT2D eigenvalue weighted by molar-refractivity contribution is -0.136. The van der Waals surface area contributed by atoms with Crippen LogP contribution in [0.5, 0.6) is 0 Å². The number of rotatable bonds is 4. The Morgan fingerprint density at radius 2 is 1.93 bits per heavy atom. The van der Waals surface area contributed by atoms with Gasteiger partial charge in [0.25, 0.3) is 0 Å². The van der Waals surface area contributed by atoms with Crippen molar-refractivity contribution in [2.75, 3.05) is 25.0 Å². The van der Waals surface area contributed by atoms with Gasteiger partial charge in [-0.3, -0.25) is 14.5 Å². The van der Waals surface area contributed by atoms with Crippen molar-refractivity contribution in [3.8, 4) is 0 Å². The molecule has 0 radical (unpaired) electrons. The number of hydrogen-bond donors (Lipinski definition) is 1. The molecule has 1 saturated heterocycles. The first-order valence-corrected chi connectivity index (χ1v) is 10.1. The number of fused-ring (bicyclic) bond motifs is 1. The molecule has 3 heterocycles. The van der Waals surface area contributed by atoms with E-state index >= 15 is 0 Å². The molecule has 2 aromatic heterocycles. The van der Waals surface area contributed by atoms with Gasteiger partial charge in [-0.2, -0.15) is 0 Å². The molecule has 1 aliphatic carbocycles. The largest absolute Gasteiger partial charge is 0.444 e. The van der Waals surface area contributed by atoms with Gasteiger partial charge in [-0.15, -0.1) is 0 Å². The van der Waals surface area contributed by atoms with Gasteiger partial charge in [0.1, 0.15) is 12.1 Å². The number of alkyl carbamates (subject to hydrolysis) is 1. The summed E-state index contributed by atoms with van der Waals surface area (Å²) in [7, 11) is 1.63. The highest BCUT2D eigenvalue weighted by Crippen LogP contribution is 2.42. The average Bonchev–Trinajstić information content (AvgIpc) is 3.40. The Hall–Kier alpha value is -3.10. The Balaban J connectivity index is 1.63. The van der Waals surface area contributed by atoms with Crippen molar-refractivity contribution in [2.45, 2.75) is 51.7 Å². The minimum atomic E-state index is -0.580. The van der Waals surface area contributed by atoms with Crippen molar-refractivity contribution in [3.63, 3.8) is 0 Å². The first-order chi connectivity index (χ1) is 14.1. The standard InChI is InChI=1S/C21H27N5O4/c1-21(2,3)30-20(29)22-8-15-10-25-9-14(13-5-6-13)7-16(19(25)23-15)26-12-17(27)24(4)11-18(26)28/h7,9-10,13H,5-6,8,11-12H2,1-4H3,(H,22,29). The van der Waals surface area contributed by atoms with Gasteiger partial charge in [-0.05, 0) is 51.2 Å². The van der Waals surface area contributed by atoms with Gasteiger partial charge in [0.15, 0.2) is 5.65 Å². The number of carbonyl (C=O) groups is 3. The Labute approximate surface area is 175 Å². The fourth-order valence-electron chi connectivity index (χ4n) is 3.49. The molecule has 9 nitrogen and oxygen atoms in total. The molecule has 160 valence electrons. The zero-order valence-corrected chi connectivity index (χ0v) is 17.8. The lowest BCUT2D eigenvalue weighted by Crippen LogP contribution is -2.52. The fraction of sp³-hybridized carbons (Fsp3) is 0.524. The lowest BCUT2D eigenvalue weighted by Gasteiger charge is -2.32. The summed E-state index contributed by atoms with van der Waals surface area (Å²) in [4.78, 5) is 44.4. The van der Waals surface area contributed by atoms with E-state index in [1.54, 1.807) is 27.8 Å². The second-order valence-electron chi connectivity index (χ2n) is 8.98. The second-order valence-corrected chi connectivity index (χ2v) is 8.98. The van der Waals surface area contributed by atoms with E-state index in [9.17, 15) is 14.4 Å². The first-order valence-electron chi connectivity index (χ1n) is 10.1. The molecule has 1 saturated carbocycles. The van der Waals surface area contributed by atoms with E-state index < -0.39 is 11.7 Å². The molecule has 1 N–H and O–H groups in total. The maximum absolute atomic E-state index is 12.7. The van der Waals surface area contributed by atoms with Crippen molar-refractivity contribution >= 4 is 29.2 Å². The summed E-state index contributed by atoms with van der Waals surface area (Å²) in [6.45, 7) is 5.65. The van der Waals surface area contributed by atoms with Crippen LogP contribution in [0.4, 0.5) is 10.5 Å².